The number of rotatable bonds is 6. The zero-order valence-corrected chi connectivity index (χ0v) is 11.4. The SMILES string of the molecule is O=C(NCCCO)NCCc1cc(Cl)cc(Cl)c1. The van der Waals surface area contributed by atoms with Gasteiger partial charge in [0.2, 0.25) is 0 Å². The van der Waals surface area contributed by atoms with Crippen molar-refractivity contribution in [3.63, 3.8) is 0 Å². The molecule has 1 aromatic carbocycles. The third-order valence-corrected chi connectivity index (χ3v) is 2.68. The fraction of sp³-hybridized carbons (Fsp3) is 0.417. The number of hydrogen-bond acceptors (Lipinski definition) is 2. The lowest BCUT2D eigenvalue weighted by molar-refractivity contribution is 0.238. The number of aliphatic hydroxyl groups is 1. The van der Waals surface area contributed by atoms with Crippen molar-refractivity contribution in [2.24, 2.45) is 0 Å². The standard InChI is InChI=1S/C12H16Cl2N2O2/c13-10-6-9(7-11(14)8-10)2-4-16-12(18)15-3-1-5-17/h6-8,17H,1-5H2,(H2,15,16,18). The predicted molar refractivity (Wildman–Crippen MR) is 73.3 cm³/mol. The van der Waals surface area contributed by atoms with Crippen molar-refractivity contribution in [2.45, 2.75) is 12.8 Å². The van der Waals surface area contributed by atoms with Crippen LogP contribution in [0.5, 0.6) is 0 Å². The van der Waals surface area contributed by atoms with Gasteiger partial charge in [-0.05, 0) is 36.6 Å². The number of carbonyl (C=O) groups is 1. The molecule has 0 atom stereocenters. The summed E-state index contributed by atoms with van der Waals surface area (Å²) in [5.74, 6) is 0. The van der Waals surface area contributed by atoms with Gasteiger partial charge in [0.05, 0.1) is 0 Å². The van der Waals surface area contributed by atoms with Crippen LogP contribution in [0.1, 0.15) is 12.0 Å². The van der Waals surface area contributed by atoms with Gasteiger partial charge in [-0.25, -0.2) is 4.79 Å². The molecule has 1 rings (SSSR count). The molecule has 18 heavy (non-hydrogen) atoms. The molecular weight excluding hydrogens is 275 g/mol. The summed E-state index contributed by atoms with van der Waals surface area (Å²) < 4.78 is 0. The Morgan fingerprint density at radius 2 is 1.72 bits per heavy atom. The van der Waals surface area contributed by atoms with E-state index in [1.54, 1.807) is 6.07 Å². The van der Waals surface area contributed by atoms with Crippen LogP contribution in [0, 0.1) is 0 Å². The largest absolute Gasteiger partial charge is 0.396 e. The van der Waals surface area contributed by atoms with Crippen LogP contribution >= 0.6 is 23.2 Å². The molecule has 0 saturated carbocycles. The number of hydrogen-bond donors (Lipinski definition) is 3. The maximum absolute atomic E-state index is 11.3. The van der Waals surface area contributed by atoms with E-state index in [2.05, 4.69) is 10.6 Å². The molecule has 0 unspecified atom stereocenters. The van der Waals surface area contributed by atoms with Crippen molar-refractivity contribution >= 4 is 29.2 Å². The summed E-state index contributed by atoms with van der Waals surface area (Å²) in [7, 11) is 0. The highest BCUT2D eigenvalue weighted by Crippen LogP contribution is 2.19. The molecule has 2 amide bonds. The molecule has 4 nitrogen and oxygen atoms in total. The highest BCUT2D eigenvalue weighted by Gasteiger charge is 2.01. The van der Waals surface area contributed by atoms with Crippen LogP contribution < -0.4 is 10.6 Å². The maximum Gasteiger partial charge on any atom is 0.314 e. The Hall–Kier alpha value is -0.970. The van der Waals surface area contributed by atoms with Gasteiger partial charge in [0, 0.05) is 29.7 Å². The third-order valence-electron chi connectivity index (χ3n) is 2.24. The Labute approximate surface area is 116 Å². The van der Waals surface area contributed by atoms with Crippen LogP contribution in [0.2, 0.25) is 10.0 Å². The lowest BCUT2D eigenvalue weighted by atomic mass is 10.1. The Morgan fingerprint density at radius 3 is 2.33 bits per heavy atom. The number of urea groups is 1. The Kier molecular flexibility index (Phi) is 6.86. The van der Waals surface area contributed by atoms with Gasteiger partial charge in [-0.2, -0.15) is 0 Å². The average molecular weight is 291 g/mol. The minimum atomic E-state index is -0.239. The first-order valence-electron chi connectivity index (χ1n) is 5.69. The minimum absolute atomic E-state index is 0.0707. The zero-order chi connectivity index (χ0) is 13.4. The van der Waals surface area contributed by atoms with E-state index in [1.807, 2.05) is 12.1 Å². The lowest BCUT2D eigenvalue weighted by Crippen LogP contribution is -2.37. The second-order valence-corrected chi connectivity index (χ2v) is 4.66. The maximum atomic E-state index is 11.3. The summed E-state index contributed by atoms with van der Waals surface area (Å²) in [6.45, 7) is 1.04. The van der Waals surface area contributed by atoms with Crippen molar-refractivity contribution in [3.8, 4) is 0 Å². The van der Waals surface area contributed by atoms with Crippen molar-refractivity contribution in [1.29, 1.82) is 0 Å². The van der Waals surface area contributed by atoms with E-state index in [4.69, 9.17) is 28.3 Å². The lowest BCUT2D eigenvalue weighted by Gasteiger charge is -2.07. The highest BCUT2D eigenvalue weighted by molar-refractivity contribution is 6.34. The second-order valence-electron chi connectivity index (χ2n) is 3.79. The van der Waals surface area contributed by atoms with Crippen molar-refractivity contribution in [2.75, 3.05) is 19.7 Å². The van der Waals surface area contributed by atoms with Crippen molar-refractivity contribution in [1.82, 2.24) is 10.6 Å². The molecule has 6 heteroatoms. The summed E-state index contributed by atoms with van der Waals surface area (Å²) in [5, 5.41) is 15.1. The number of nitrogens with one attached hydrogen (secondary N) is 2. The van der Waals surface area contributed by atoms with Crippen LogP contribution in [-0.2, 0) is 6.42 Å². The van der Waals surface area contributed by atoms with E-state index in [0.29, 0.717) is 36.0 Å². The molecule has 0 aliphatic rings. The summed E-state index contributed by atoms with van der Waals surface area (Å²) in [5.41, 5.74) is 0.975. The quantitative estimate of drug-likeness (QED) is 0.704. The van der Waals surface area contributed by atoms with Crippen LogP contribution in [0.4, 0.5) is 4.79 Å². The highest BCUT2D eigenvalue weighted by atomic mass is 35.5. The molecule has 0 saturated heterocycles. The first kappa shape index (κ1) is 15.1. The van der Waals surface area contributed by atoms with Gasteiger partial charge in [0.15, 0.2) is 0 Å². The van der Waals surface area contributed by atoms with Crippen LogP contribution in [-0.4, -0.2) is 30.8 Å². The molecule has 0 spiro atoms. The zero-order valence-electron chi connectivity index (χ0n) is 9.88. The first-order chi connectivity index (χ1) is 8.61. The van der Waals surface area contributed by atoms with Crippen molar-refractivity contribution < 1.29 is 9.90 Å². The number of halogens is 2. The summed E-state index contributed by atoms with van der Waals surface area (Å²) in [4.78, 5) is 11.3. The molecule has 0 aromatic heterocycles. The van der Waals surface area contributed by atoms with E-state index < -0.39 is 0 Å². The molecule has 0 heterocycles. The Bertz CT molecular complexity index is 379. The molecular formula is C12H16Cl2N2O2. The first-order valence-corrected chi connectivity index (χ1v) is 6.45. The fourth-order valence-electron chi connectivity index (χ4n) is 1.42. The van der Waals surface area contributed by atoms with Gasteiger partial charge in [-0.15, -0.1) is 0 Å². The van der Waals surface area contributed by atoms with Gasteiger partial charge in [0.1, 0.15) is 0 Å². The van der Waals surface area contributed by atoms with Crippen LogP contribution in [0.15, 0.2) is 18.2 Å². The Morgan fingerprint density at radius 1 is 1.11 bits per heavy atom. The van der Waals surface area contributed by atoms with E-state index in [9.17, 15) is 4.79 Å². The third kappa shape index (κ3) is 6.10. The number of benzene rings is 1. The molecule has 0 aliphatic carbocycles. The number of carbonyl (C=O) groups excluding carboxylic acids is 1. The normalized spacial score (nSPS) is 10.2. The summed E-state index contributed by atoms with van der Waals surface area (Å²) in [6.07, 6.45) is 1.21. The molecule has 100 valence electrons. The Balaban J connectivity index is 2.26. The molecule has 0 fully saturated rings. The van der Waals surface area contributed by atoms with Crippen molar-refractivity contribution in [3.05, 3.63) is 33.8 Å². The van der Waals surface area contributed by atoms with E-state index in [0.717, 1.165) is 5.56 Å². The smallest absolute Gasteiger partial charge is 0.314 e. The monoisotopic (exact) mass is 290 g/mol. The molecule has 1 aromatic rings. The van der Waals surface area contributed by atoms with Crippen LogP contribution in [0.25, 0.3) is 0 Å². The average Bonchev–Trinajstić information content (AvgIpc) is 2.28. The van der Waals surface area contributed by atoms with Crippen LogP contribution in [0.3, 0.4) is 0 Å². The number of amides is 2. The number of aliphatic hydroxyl groups excluding tert-OH is 1. The summed E-state index contributed by atoms with van der Waals surface area (Å²) in [6, 6.07) is 5.07. The van der Waals surface area contributed by atoms with Gasteiger partial charge >= 0.3 is 6.03 Å². The molecule has 0 aliphatic heterocycles. The van der Waals surface area contributed by atoms with E-state index in [-0.39, 0.29) is 12.6 Å². The van der Waals surface area contributed by atoms with E-state index in [1.165, 1.54) is 0 Å². The second kappa shape index (κ2) is 8.19. The minimum Gasteiger partial charge on any atom is -0.396 e. The topological polar surface area (TPSA) is 61.4 Å². The van der Waals surface area contributed by atoms with Gasteiger partial charge in [-0.1, -0.05) is 23.2 Å². The molecule has 0 radical (unpaired) electrons. The van der Waals surface area contributed by atoms with Gasteiger partial charge < -0.3 is 15.7 Å². The van der Waals surface area contributed by atoms with Gasteiger partial charge in [0.25, 0.3) is 0 Å². The van der Waals surface area contributed by atoms with Gasteiger partial charge in [-0.3, -0.25) is 0 Å². The predicted octanol–water partition coefficient (Wildman–Crippen LogP) is 2.22. The summed E-state index contributed by atoms with van der Waals surface area (Å²) >= 11 is 11.7. The molecule has 0 bridgehead atoms. The van der Waals surface area contributed by atoms with E-state index >= 15 is 0 Å². The fourth-order valence-corrected chi connectivity index (χ4v) is 1.99. The molecule has 3 N–H and O–H groups in total.